The van der Waals surface area contributed by atoms with Crippen LogP contribution in [0, 0.1) is 16.7 Å². The van der Waals surface area contributed by atoms with E-state index in [1.54, 1.807) is 17.5 Å². The van der Waals surface area contributed by atoms with Crippen LogP contribution in [0.4, 0.5) is 17.3 Å². The maximum absolute atomic E-state index is 6.15. The van der Waals surface area contributed by atoms with Gasteiger partial charge in [0.1, 0.15) is 12.0 Å². The molecule has 1 aromatic rings. The molecule has 0 amide bonds. The molecule has 2 atom stereocenters. The van der Waals surface area contributed by atoms with Crippen molar-refractivity contribution in [2.75, 3.05) is 35.8 Å². The number of nitrogens with two attached hydrogens (primary N) is 1. The van der Waals surface area contributed by atoms with Crippen molar-refractivity contribution in [1.29, 1.82) is 0 Å². The lowest BCUT2D eigenvalue weighted by Gasteiger charge is -2.55. The van der Waals surface area contributed by atoms with Gasteiger partial charge in [-0.2, -0.15) is 0 Å². The molecular weight excluding hydrogens is 382 g/mol. The normalized spacial score (nSPS) is 28.1. The minimum absolute atomic E-state index is 0.396. The molecule has 2 N–H and O–H groups in total. The lowest BCUT2D eigenvalue weighted by molar-refractivity contribution is 0.0105. The number of allylic oxidation sites excluding steroid dienone is 3. The van der Waals surface area contributed by atoms with Crippen molar-refractivity contribution < 1.29 is 0 Å². The summed E-state index contributed by atoms with van der Waals surface area (Å²) >= 11 is 0. The highest BCUT2D eigenvalue weighted by Gasteiger charge is 2.49. The molecular formula is C26H41N5. The van der Waals surface area contributed by atoms with Crippen LogP contribution < -0.4 is 15.5 Å². The molecule has 0 aromatic carbocycles. The molecule has 31 heavy (non-hydrogen) atoms. The van der Waals surface area contributed by atoms with Crippen LogP contribution in [-0.4, -0.2) is 30.2 Å². The second kappa shape index (κ2) is 8.14. The summed E-state index contributed by atoms with van der Waals surface area (Å²) in [6, 6.07) is 0. The topological polar surface area (TPSA) is 58.3 Å². The first-order chi connectivity index (χ1) is 14.6. The van der Waals surface area contributed by atoms with Gasteiger partial charge >= 0.3 is 0 Å². The van der Waals surface area contributed by atoms with Crippen molar-refractivity contribution in [3.63, 3.8) is 0 Å². The number of nitrogen functional groups attached to an aromatic ring is 1. The van der Waals surface area contributed by atoms with Gasteiger partial charge in [-0.25, -0.2) is 9.97 Å². The summed E-state index contributed by atoms with van der Waals surface area (Å²) in [6.45, 7) is 14.0. The Morgan fingerprint density at radius 2 is 2.03 bits per heavy atom. The highest BCUT2D eigenvalue weighted by Crippen LogP contribution is 2.60. The Morgan fingerprint density at radius 3 is 2.81 bits per heavy atom. The van der Waals surface area contributed by atoms with E-state index in [-0.39, 0.29) is 0 Å². The fraction of sp³-hybridized carbons (Fsp3) is 0.692. The predicted molar refractivity (Wildman–Crippen MR) is 131 cm³/mol. The summed E-state index contributed by atoms with van der Waals surface area (Å²) in [6.07, 6.45) is 13.1. The molecule has 2 heterocycles. The summed E-state index contributed by atoms with van der Waals surface area (Å²) in [4.78, 5) is 13.0. The maximum atomic E-state index is 6.15. The molecule has 5 nitrogen and oxygen atoms in total. The van der Waals surface area contributed by atoms with E-state index in [0.29, 0.717) is 16.6 Å². The summed E-state index contributed by atoms with van der Waals surface area (Å²) in [5.41, 5.74) is 12.9. The number of fused-ring (bicyclic) bond motifs is 2. The molecule has 0 radical (unpaired) electrons. The van der Waals surface area contributed by atoms with E-state index in [4.69, 9.17) is 5.73 Å². The lowest BCUT2D eigenvalue weighted by Crippen LogP contribution is -2.45. The first-order valence-corrected chi connectivity index (χ1v) is 12.0. The van der Waals surface area contributed by atoms with Crippen LogP contribution in [-0.2, 0) is 0 Å². The van der Waals surface area contributed by atoms with Gasteiger partial charge in [0.15, 0.2) is 11.6 Å². The fourth-order valence-electron chi connectivity index (χ4n) is 6.89. The molecule has 2 aliphatic carbocycles. The van der Waals surface area contributed by atoms with Gasteiger partial charge in [0.05, 0.1) is 6.67 Å². The summed E-state index contributed by atoms with van der Waals surface area (Å²) in [5, 5.41) is 0. The number of anilines is 3. The third-order valence-corrected chi connectivity index (χ3v) is 8.56. The van der Waals surface area contributed by atoms with Crippen LogP contribution in [0.15, 0.2) is 29.1 Å². The monoisotopic (exact) mass is 423 g/mol. The van der Waals surface area contributed by atoms with Crippen molar-refractivity contribution >= 4 is 17.3 Å². The fourth-order valence-corrected chi connectivity index (χ4v) is 6.89. The van der Waals surface area contributed by atoms with Crippen LogP contribution in [0.2, 0.25) is 0 Å². The lowest BCUT2D eigenvalue weighted by atomic mass is 9.50. The Balaban J connectivity index is 1.44. The van der Waals surface area contributed by atoms with Crippen LogP contribution in [0.1, 0.15) is 79.6 Å². The summed E-state index contributed by atoms with van der Waals surface area (Å²) < 4.78 is 0. The molecule has 4 rings (SSSR count). The van der Waals surface area contributed by atoms with Gasteiger partial charge in [0, 0.05) is 13.6 Å². The molecule has 1 saturated carbocycles. The third-order valence-electron chi connectivity index (χ3n) is 8.56. The van der Waals surface area contributed by atoms with Crippen molar-refractivity contribution in [1.82, 2.24) is 9.97 Å². The standard InChI is InChI=1S/C26H41N5/c1-18(12-15-31-17-30(6)24-22(31)23(27)28-16-29-24)8-10-20-19(2)9-11-21-25(3,4)13-7-14-26(20,21)5/h12,16,21H,7-11,13-15,17H2,1-6H3,(H2,27,28,29). The SMILES string of the molecule is CC(=CCN1CN(C)c2ncnc(N)c21)CCC1=C(C)CCC2C(C)(C)CCCC12C. The zero-order valence-corrected chi connectivity index (χ0v) is 20.5. The smallest absolute Gasteiger partial charge is 0.159 e. The van der Waals surface area contributed by atoms with E-state index in [9.17, 15) is 0 Å². The minimum Gasteiger partial charge on any atom is -0.382 e. The average molecular weight is 424 g/mol. The molecule has 170 valence electrons. The van der Waals surface area contributed by atoms with Gasteiger partial charge in [0.2, 0.25) is 0 Å². The Hall–Kier alpha value is -2.04. The third kappa shape index (κ3) is 3.96. The highest BCUT2D eigenvalue weighted by molar-refractivity contribution is 5.81. The number of aromatic nitrogens is 2. The van der Waals surface area contributed by atoms with E-state index in [2.05, 4.69) is 67.5 Å². The largest absolute Gasteiger partial charge is 0.382 e. The average Bonchev–Trinajstić information content (AvgIpc) is 3.02. The molecule has 1 fully saturated rings. The second-order valence-corrected chi connectivity index (χ2v) is 11.2. The quantitative estimate of drug-likeness (QED) is 0.594. The van der Waals surface area contributed by atoms with Gasteiger partial charge in [-0.3, -0.25) is 0 Å². The first kappa shape index (κ1) is 22.2. The van der Waals surface area contributed by atoms with Crippen LogP contribution in [0.3, 0.4) is 0 Å². The van der Waals surface area contributed by atoms with Gasteiger partial charge in [0.25, 0.3) is 0 Å². The minimum atomic E-state index is 0.396. The Bertz CT molecular complexity index is 899. The van der Waals surface area contributed by atoms with E-state index in [0.717, 1.165) is 37.1 Å². The Labute approximate surface area is 188 Å². The molecule has 0 bridgehead atoms. The summed E-state index contributed by atoms with van der Waals surface area (Å²) in [5.74, 6) is 2.33. The molecule has 0 saturated heterocycles. The van der Waals surface area contributed by atoms with Gasteiger partial charge in [-0.15, -0.1) is 0 Å². The second-order valence-electron chi connectivity index (χ2n) is 11.2. The van der Waals surface area contributed by atoms with Crippen LogP contribution in [0.5, 0.6) is 0 Å². The van der Waals surface area contributed by atoms with E-state index >= 15 is 0 Å². The van der Waals surface area contributed by atoms with E-state index < -0.39 is 0 Å². The molecule has 1 aromatic heterocycles. The van der Waals surface area contributed by atoms with Crippen LogP contribution in [0.25, 0.3) is 0 Å². The number of hydrogen-bond acceptors (Lipinski definition) is 5. The first-order valence-electron chi connectivity index (χ1n) is 12.0. The van der Waals surface area contributed by atoms with Gasteiger partial charge in [-0.05, 0) is 69.1 Å². The van der Waals surface area contributed by atoms with E-state index in [1.807, 2.05) is 0 Å². The van der Waals surface area contributed by atoms with Crippen molar-refractivity contribution in [2.24, 2.45) is 16.7 Å². The van der Waals surface area contributed by atoms with E-state index in [1.165, 1.54) is 44.1 Å². The maximum Gasteiger partial charge on any atom is 0.159 e. The molecule has 2 unspecified atom stereocenters. The molecule has 0 spiro atoms. The van der Waals surface area contributed by atoms with Crippen molar-refractivity contribution in [3.05, 3.63) is 29.1 Å². The Morgan fingerprint density at radius 1 is 1.26 bits per heavy atom. The zero-order chi connectivity index (χ0) is 22.4. The number of nitrogens with zero attached hydrogens (tertiary/aromatic N) is 4. The zero-order valence-electron chi connectivity index (χ0n) is 20.5. The number of hydrogen-bond donors (Lipinski definition) is 1. The molecule has 1 aliphatic heterocycles. The summed E-state index contributed by atoms with van der Waals surface area (Å²) in [7, 11) is 2.06. The predicted octanol–water partition coefficient (Wildman–Crippen LogP) is 5.94. The van der Waals surface area contributed by atoms with Crippen molar-refractivity contribution in [2.45, 2.75) is 79.6 Å². The van der Waals surface area contributed by atoms with Gasteiger partial charge < -0.3 is 15.5 Å². The highest BCUT2D eigenvalue weighted by atomic mass is 15.4. The Kier molecular flexibility index (Phi) is 5.82. The van der Waals surface area contributed by atoms with Gasteiger partial charge in [-0.1, -0.05) is 50.0 Å². The number of rotatable bonds is 5. The van der Waals surface area contributed by atoms with Crippen LogP contribution >= 0.6 is 0 Å². The van der Waals surface area contributed by atoms with Crippen molar-refractivity contribution in [3.8, 4) is 0 Å². The molecule has 5 heteroatoms. The molecule has 3 aliphatic rings.